The predicted molar refractivity (Wildman–Crippen MR) is 110 cm³/mol. The maximum Gasteiger partial charge on any atom is 0.237 e. The van der Waals surface area contributed by atoms with Gasteiger partial charge in [0.05, 0.1) is 5.75 Å². The topological polar surface area (TPSA) is 75.2 Å². The van der Waals surface area contributed by atoms with Crippen LogP contribution in [0.2, 0.25) is 0 Å². The Balaban J connectivity index is 1.56. The number of anilines is 2. The van der Waals surface area contributed by atoms with Gasteiger partial charge in [0.25, 0.3) is 0 Å². The van der Waals surface area contributed by atoms with E-state index in [1.807, 2.05) is 36.9 Å². The van der Waals surface area contributed by atoms with E-state index in [0.29, 0.717) is 15.2 Å². The minimum absolute atomic E-state index is 0.00856. The predicted octanol–water partition coefficient (Wildman–Crippen LogP) is 3.98. The number of aryl methyl sites for hydroxylation is 1. The number of hydrogen-bond acceptors (Lipinski definition) is 6. The zero-order valence-corrected chi connectivity index (χ0v) is 17.2. The number of carbonyl (C=O) groups is 2. The largest absolute Gasteiger partial charge is 0.311 e. The molecule has 1 aromatic carbocycles. The zero-order chi connectivity index (χ0) is 19.2. The molecule has 6 nitrogen and oxygen atoms in total. The fourth-order valence-electron chi connectivity index (χ4n) is 3.18. The monoisotopic (exact) mass is 404 g/mol. The SMILES string of the molecule is CCC(CC)C(=O)Nc1nnc(SCC(=O)N2CCCc3ccccc32)s1. The summed E-state index contributed by atoms with van der Waals surface area (Å²) in [6, 6.07) is 8.08. The third-order valence-electron chi connectivity index (χ3n) is 4.72. The van der Waals surface area contributed by atoms with E-state index < -0.39 is 0 Å². The van der Waals surface area contributed by atoms with Crippen LogP contribution in [-0.4, -0.2) is 34.3 Å². The summed E-state index contributed by atoms with van der Waals surface area (Å²) < 4.78 is 0.688. The molecule has 2 amide bonds. The molecule has 1 aromatic heterocycles. The number of amides is 2. The summed E-state index contributed by atoms with van der Waals surface area (Å²) >= 11 is 2.68. The van der Waals surface area contributed by atoms with E-state index in [4.69, 9.17) is 0 Å². The lowest BCUT2D eigenvalue weighted by molar-refractivity contribution is -0.120. The molecular weight excluding hydrogens is 380 g/mol. The highest BCUT2D eigenvalue weighted by Crippen LogP contribution is 2.30. The molecule has 0 spiro atoms. The Morgan fingerprint density at radius 3 is 2.81 bits per heavy atom. The van der Waals surface area contributed by atoms with Gasteiger partial charge in [-0.2, -0.15) is 0 Å². The number of nitrogens with one attached hydrogen (secondary N) is 1. The maximum atomic E-state index is 12.7. The van der Waals surface area contributed by atoms with Crippen LogP contribution in [0.25, 0.3) is 0 Å². The minimum atomic E-state index is -0.0197. The Kier molecular flexibility index (Phi) is 6.84. The van der Waals surface area contributed by atoms with E-state index in [9.17, 15) is 9.59 Å². The summed E-state index contributed by atoms with van der Waals surface area (Å²) in [5, 5.41) is 11.4. The van der Waals surface area contributed by atoms with Crippen LogP contribution in [0.5, 0.6) is 0 Å². The molecule has 2 aromatic rings. The van der Waals surface area contributed by atoms with Crippen molar-refractivity contribution in [3.63, 3.8) is 0 Å². The van der Waals surface area contributed by atoms with Gasteiger partial charge < -0.3 is 10.2 Å². The summed E-state index contributed by atoms with van der Waals surface area (Å²) in [4.78, 5) is 26.7. The minimum Gasteiger partial charge on any atom is -0.311 e. The van der Waals surface area contributed by atoms with E-state index in [2.05, 4.69) is 21.6 Å². The van der Waals surface area contributed by atoms with E-state index in [-0.39, 0.29) is 17.7 Å². The maximum absolute atomic E-state index is 12.7. The Morgan fingerprint density at radius 2 is 2.04 bits per heavy atom. The van der Waals surface area contributed by atoms with Crippen molar-refractivity contribution in [2.24, 2.45) is 5.92 Å². The van der Waals surface area contributed by atoms with E-state index in [0.717, 1.165) is 37.9 Å². The first-order chi connectivity index (χ1) is 13.1. The molecule has 8 heteroatoms. The van der Waals surface area contributed by atoms with Crippen molar-refractivity contribution >= 4 is 45.7 Å². The molecule has 0 unspecified atom stereocenters. The van der Waals surface area contributed by atoms with Gasteiger partial charge >= 0.3 is 0 Å². The highest BCUT2D eigenvalue weighted by atomic mass is 32.2. The lowest BCUT2D eigenvalue weighted by Crippen LogP contribution is -2.36. The highest BCUT2D eigenvalue weighted by molar-refractivity contribution is 8.01. The normalized spacial score (nSPS) is 13.5. The van der Waals surface area contributed by atoms with Crippen molar-refractivity contribution in [2.45, 2.75) is 43.9 Å². The molecule has 0 fully saturated rings. The van der Waals surface area contributed by atoms with E-state index in [1.165, 1.54) is 28.7 Å². The smallest absolute Gasteiger partial charge is 0.237 e. The summed E-state index contributed by atoms with van der Waals surface area (Å²) in [7, 11) is 0. The molecular formula is C19H24N4O2S2. The number of rotatable bonds is 7. The molecule has 144 valence electrons. The van der Waals surface area contributed by atoms with Gasteiger partial charge in [-0.1, -0.05) is 55.1 Å². The van der Waals surface area contributed by atoms with Crippen LogP contribution in [-0.2, 0) is 16.0 Å². The molecule has 3 rings (SSSR count). The van der Waals surface area contributed by atoms with Crippen LogP contribution < -0.4 is 10.2 Å². The molecule has 0 atom stereocenters. The Labute approximate surface area is 167 Å². The number of fused-ring (bicyclic) bond motifs is 1. The highest BCUT2D eigenvalue weighted by Gasteiger charge is 2.23. The Hall–Kier alpha value is -1.93. The van der Waals surface area contributed by atoms with Crippen molar-refractivity contribution in [1.82, 2.24) is 10.2 Å². The molecule has 1 aliphatic rings. The number of benzene rings is 1. The quantitative estimate of drug-likeness (QED) is 0.558. The number of nitrogens with zero attached hydrogens (tertiary/aromatic N) is 3. The molecule has 27 heavy (non-hydrogen) atoms. The van der Waals surface area contributed by atoms with Gasteiger partial charge in [0.15, 0.2) is 4.34 Å². The summed E-state index contributed by atoms with van der Waals surface area (Å²) in [6.45, 7) is 4.75. The third kappa shape index (κ3) is 4.87. The van der Waals surface area contributed by atoms with Crippen LogP contribution in [0.1, 0.15) is 38.7 Å². The second-order valence-electron chi connectivity index (χ2n) is 6.44. The van der Waals surface area contributed by atoms with Gasteiger partial charge in [-0.3, -0.25) is 9.59 Å². The van der Waals surface area contributed by atoms with E-state index >= 15 is 0 Å². The van der Waals surface area contributed by atoms with Crippen molar-refractivity contribution < 1.29 is 9.59 Å². The average molecular weight is 405 g/mol. The first kappa shape index (κ1) is 19.8. The van der Waals surface area contributed by atoms with Gasteiger partial charge in [-0.25, -0.2) is 0 Å². The van der Waals surface area contributed by atoms with Crippen molar-refractivity contribution in [1.29, 1.82) is 0 Å². The van der Waals surface area contributed by atoms with Crippen molar-refractivity contribution in [3.05, 3.63) is 29.8 Å². The number of para-hydroxylation sites is 1. The van der Waals surface area contributed by atoms with E-state index in [1.54, 1.807) is 0 Å². The lowest BCUT2D eigenvalue weighted by Gasteiger charge is -2.29. The third-order valence-corrected chi connectivity index (χ3v) is 6.68. The van der Waals surface area contributed by atoms with Gasteiger partial charge in [-0.15, -0.1) is 10.2 Å². The summed E-state index contributed by atoms with van der Waals surface area (Å²) in [6.07, 6.45) is 3.60. The number of aromatic nitrogens is 2. The van der Waals surface area contributed by atoms with Crippen LogP contribution in [0, 0.1) is 5.92 Å². The second kappa shape index (κ2) is 9.32. The average Bonchev–Trinajstić information content (AvgIpc) is 3.14. The molecule has 0 radical (unpaired) electrons. The molecule has 1 aliphatic heterocycles. The Bertz CT molecular complexity index is 805. The van der Waals surface area contributed by atoms with Gasteiger partial charge in [-0.05, 0) is 37.3 Å². The first-order valence-corrected chi connectivity index (χ1v) is 11.1. The molecule has 0 saturated carbocycles. The van der Waals surface area contributed by atoms with Crippen LogP contribution in [0.15, 0.2) is 28.6 Å². The van der Waals surface area contributed by atoms with Gasteiger partial charge in [0.2, 0.25) is 16.9 Å². The molecule has 0 aliphatic carbocycles. The molecule has 2 heterocycles. The number of hydrogen-bond donors (Lipinski definition) is 1. The van der Waals surface area contributed by atoms with Crippen LogP contribution in [0.4, 0.5) is 10.8 Å². The van der Waals surface area contributed by atoms with Gasteiger partial charge in [0.1, 0.15) is 0 Å². The summed E-state index contributed by atoms with van der Waals surface area (Å²) in [5.74, 6) is 0.355. The van der Waals surface area contributed by atoms with Gasteiger partial charge in [0, 0.05) is 18.2 Å². The second-order valence-corrected chi connectivity index (χ2v) is 8.64. The molecule has 0 bridgehead atoms. The summed E-state index contributed by atoms with van der Waals surface area (Å²) in [5.41, 5.74) is 2.24. The Morgan fingerprint density at radius 1 is 1.26 bits per heavy atom. The fourth-order valence-corrected chi connectivity index (χ4v) is 4.81. The first-order valence-electron chi connectivity index (χ1n) is 9.27. The number of carbonyl (C=O) groups excluding carboxylic acids is 2. The standard InChI is InChI=1S/C19H24N4O2S2/c1-3-13(4-2)17(25)20-18-21-22-19(27-18)26-12-16(24)23-11-7-9-14-8-5-6-10-15(14)23/h5-6,8,10,13H,3-4,7,9,11-12H2,1-2H3,(H,20,21,25). The number of thioether (sulfide) groups is 1. The van der Waals surface area contributed by atoms with Crippen LogP contribution in [0.3, 0.4) is 0 Å². The van der Waals surface area contributed by atoms with Crippen molar-refractivity contribution in [3.8, 4) is 0 Å². The van der Waals surface area contributed by atoms with Crippen molar-refractivity contribution in [2.75, 3.05) is 22.5 Å². The lowest BCUT2D eigenvalue weighted by atomic mass is 10.0. The fraction of sp³-hybridized carbons (Fsp3) is 0.474. The molecule has 0 saturated heterocycles. The molecule has 1 N–H and O–H groups in total. The van der Waals surface area contributed by atoms with Crippen LogP contribution >= 0.6 is 23.1 Å². The zero-order valence-electron chi connectivity index (χ0n) is 15.6.